The minimum absolute atomic E-state index is 0.0634. The summed E-state index contributed by atoms with van der Waals surface area (Å²) in [6.45, 7) is 4.24. The van der Waals surface area contributed by atoms with Gasteiger partial charge >= 0.3 is 0 Å². The van der Waals surface area contributed by atoms with E-state index < -0.39 is 0 Å². The molecular formula is C12H19NOS. The van der Waals surface area contributed by atoms with Gasteiger partial charge in [0.1, 0.15) is 0 Å². The number of rotatable bonds is 1. The molecule has 1 aliphatic carbocycles. The molecule has 2 nitrogen and oxygen atoms in total. The first-order valence-corrected chi connectivity index (χ1v) is 6.68. The van der Waals surface area contributed by atoms with Crippen molar-refractivity contribution in [2.75, 3.05) is 5.75 Å². The zero-order valence-corrected chi connectivity index (χ0v) is 10.3. The lowest BCUT2D eigenvalue weighted by molar-refractivity contribution is -0.118. The van der Waals surface area contributed by atoms with Crippen molar-refractivity contribution in [3.05, 3.63) is 11.3 Å². The maximum atomic E-state index is 12.1. The average molecular weight is 225 g/mol. The molecule has 1 saturated heterocycles. The summed E-state index contributed by atoms with van der Waals surface area (Å²) in [7, 11) is 0. The molecule has 0 spiro atoms. The summed E-state index contributed by atoms with van der Waals surface area (Å²) in [6, 6.07) is 0. The molecule has 15 heavy (non-hydrogen) atoms. The van der Waals surface area contributed by atoms with E-state index >= 15 is 0 Å². The lowest BCUT2D eigenvalue weighted by Gasteiger charge is -2.32. The van der Waals surface area contributed by atoms with E-state index in [-0.39, 0.29) is 5.41 Å². The first-order chi connectivity index (χ1) is 6.99. The van der Waals surface area contributed by atoms with Gasteiger partial charge in [-0.3, -0.25) is 4.79 Å². The predicted molar refractivity (Wildman–Crippen MR) is 64.7 cm³/mol. The fourth-order valence-electron chi connectivity index (χ4n) is 2.57. The maximum absolute atomic E-state index is 12.1. The van der Waals surface area contributed by atoms with Gasteiger partial charge in [0.2, 0.25) is 0 Å². The van der Waals surface area contributed by atoms with E-state index in [0.29, 0.717) is 17.5 Å². The number of nitrogens with two attached hydrogens (primary N) is 1. The van der Waals surface area contributed by atoms with Gasteiger partial charge in [-0.25, -0.2) is 0 Å². The van der Waals surface area contributed by atoms with E-state index in [4.69, 9.17) is 5.73 Å². The van der Waals surface area contributed by atoms with Crippen LogP contribution in [0.4, 0.5) is 0 Å². The molecule has 0 amide bonds. The number of ketones is 1. The third-order valence-electron chi connectivity index (χ3n) is 3.21. The Morgan fingerprint density at radius 1 is 1.40 bits per heavy atom. The van der Waals surface area contributed by atoms with Crippen LogP contribution < -0.4 is 5.73 Å². The third kappa shape index (κ3) is 2.22. The van der Waals surface area contributed by atoms with Crippen LogP contribution in [0.3, 0.4) is 0 Å². The highest BCUT2D eigenvalue weighted by Crippen LogP contribution is 2.41. The molecule has 0 aromatic heterocycles. The molecule has 1 heterocycles. The van der Waals surface area contributed by atoms with Crippen molar-refractivity contribution in [1.29, 1.82) is 0 Å². The molecule has 84 valence electrons. The minimum Gasteiger partial charge on any atom is -0.402 e. The van der Waals surface area contributed by atoms with Crippen molar-refractivity contribution in [3.8, 4) is 0 Å². The van der Waals surface area contributed by atoms with Gasteiger partial charge in [0.15, 0.2) is 5.78 Å². The van der Waals surface area contributed by atoms with Crippen LogP contribution >= 0.6 is 11.8 Å². The summed E-state index contributed by atoms with van der Waals surface area (Å²) in [4.78, 5) is 12.1. The quantitative estimate of drug-likeness (QED) is 0.745. The molecule has 0 bridgehead atoms. The summed E-state index contributed by atoms with van der Waals surface area (Å²) >= 11 is 1.90. The van der Waals surface area contributed by atoms with E-state index in [1.165, 1.54) is 12.2 Å². The second-order valence-corrected chi connectivity index (χ2v) is 6.69. The van der Waals surface area contributed by atoms with Crippen molar-refractivity contribution in [2.45, 2.75) is 44.8 Å². The highest BCUT2D eigenvalue weighted by Gasteiger charge is 2.36. The highest BCUT2D eigenvalue weighted by atomic mass is 32.2. The summed E-state index contributed by atoms with van der Waals surface area (Å²) in [5, 5.41) is 0.397. The number of carbonyl (C=O) groups is 1. The molecule has 1 aliphatic heterocycles. The van der Waals surface area contributed by atoms with Crippen LogP contribution in [0.5, 0.6) is 0 Å². The second kappa shape index (κ2) is 3.85. The van der Waals surface area contributed by atoms with Gasteiger partial charge in [0.05, 0.1) is 0 Å². The number of hydrogen-bond donors (Lipinski definition) is 1. The van der Waals surface area contributed by atoms with E-state index in [2.05, 4.69) is 13.8 Å². The van der Waals surface area contributed by atoms with Gasteiger partial charge in [0, 0.05) is 22.9 Å². The molecule has 1 fully saturated rings. The van der Waals surface area contributed by atoms with Crippen LogP contribution in [0.2, 0.25) is 0 Å². The predicted octanol–water partition coefficient (Wildman–Crippen LogP) is 2.48. The van der Waals surface area contributed by atoms with Crippen molar-refractivity contribution >= 4 is 17.5 Å². The van der Waals surface area contributed by atoms with E-state index in [1.54, 1.807) is 0 Å². The standard InChI is InChI=1S/C12H19NOS/c1-12(2)6-8(13)11(9(14)7-12)10-4-3-5-15-10/h10H,3-7,13H2,1-2H3. The zero-order valence-electron chi connectivity index (χ0n) is 9.51. The van der Waals surface area contributed by atoms with Gasteiger partial charge < -0.3 is 5.73 Å². The summed E-state index contributed by atoms with van der Waals surface area (Å²) in [6.07, 6.45) is 3.90. The molecule has 0 aromatic rings. The number of thioether (sulfide) groups is 1. The monoisotopic (exact) mass is 225 g/mol. The Balaban J connectivity index is 2.25. The summed E-state index contributed by atoms with van der Waals surface area (Å²) in [5.41, 5.74) is 7.95. The lowest BCUT2D eigenvalue weighted by atomic mass is 9.75. The first kappa shape index (κ1) is 11.1. The van der Waals surface area contributed by atoms with Crippen molar-refractivity contribution in [3.63, 3.8) is 0 Å². The van der Waals surface area contributed by atoms with Crippen molar-refractivity contribution in [2.24, 2.45) is 11.1 Å². The zero-order chi connectivity index (χ0) is 11.1. The molecule has 1 atom stereocenters. The fourth-order valence-corrected chi connectivity index (χ4v) is 3.97. The van der Waals surface area contributed by atoms with Crippen LogP contribution in [0.1, 0.15) is 39.5 Å². The Morgan fingerprint density at radius 3 is 2.67 bits per heavy atom. The van der Waals surface area contributed by atoms with E-state index in [9.17, 15) is 4.79 Å². The summed E-state index contributed by atoms with van der Waals surface area (Å²) < 4.78 is 0. The van der Waals surface area contributed by atoms with Gasteiger partial charge in [-0.05, 0) is 30.4 Å². The van der Waals surface area contributed by atoms with Crippen LogP contribution in [-0.2, 0) is 4.79 Å². The van der Waals surface area contributed by atoms with Gasteiger partial charge in [-0.2, -0.15) is 11.8 Å². The Hall–Kier alpha value is -0.440. The molecule has 0 aromatic carbocycles. The molecule has 2 aliphatic rings. The molecule has 0 saturated carbocycles. The van der Waals surface area contributed by atoms with Gasteiger partial charge in [-0.1, -0.05) is 13.8 Å². The third-order valence-corrected chi connectivity index (χ3v) is 4.60. The number of allylic oxidation sites excluding steroid dienone is 1. The smallest absolute Gasteiger partial charge is 0.162 e. The Bertz CT molecular complexity index is 314. The van der Waals surface area contributed by atoms with Crippen LogP contribution in [-0.4, -0.2) is 16.8 Å². The van der Waals surface area contributed by atoms with Crippen LogP contribution in [0.25, 0.3) is 0 Å². The molecule has 2 rings (SSSR count). The molecule has 1 unspecified atom stereocenters. The van der Waals surface area contributed by atoms with Crippen molar-refractivity contribution in [1.82, 2.24) is 0 Å². The van der Waals surface area contributed by atoms with Crippen molar-refractivity contribution < 1.29 is 4.79 Å². The molecule has 3 heteroatoms. The number of Topliss-reactive ketones (excluding diaryl/α,β-unsaturated/α-hetero) is 1. The Labute approximate surface area is 95.7 Å². The number of carbonyl (C=O) groups excluding carboxylic acids is 1. The number of hydrogen-bond acceptors (Lipinski definition) is 3. The normalized spacial score (nSPS) is 31.1. The average Bonchev–Trinajstić information content (AvgIpc) is 2.52. The Kier molecular flexibility index (Phi) is 2.84. The molecule has 0 radical (unpaired) electrons. The van der Waals surface area contributed by atoms with E-state index in [0.717, 1.165) is 24.1 Å². The Morgan fingerprint density at radius 2 is 2.13 bits per heavy atom. The van der Waals surface area contributed by atoms with Gasteiger partial charge in [-0.15, -0.1) is 0 Å². The van der Waals surface area contributed by atoms with Crippen LogP contribution in [0, 0.1) is 5.41 Å². The lowest BCUT2D eigenvalue weighted by Crippen LogP contribution is -2.32. The largest absolute Gasteiger partial charge is 0.402 e. The topological polar surface area (TPSA) is 43.1 Å². The highest BCUT2D eigenvalue weighted by molar-refractivity contribution is 8.00. The van der Waals surface area contributed by atoms with Gasteiger partial charge in [0.25, 0.3) is 0 Å². The van der Waals surface area contributed by atoms with Crippen LogP contribution in [0.15, 0.2) is 11.3 Å². The van der Waals surface area contributed by atoms with E-state index in [1.807, 2.05) is 11.8 Å². The molecule has 2 N–H and O–H groups in total. The summed E-state index contributed by atoms with van der Waals surface area (Å²) in [5.74, 6) is 1.47. The molecular weight excluding hydrogens is 206 g/mol. The maximum Gasteiger partial charge on any atom is 0.162 e. The minimum atomic E-state index is 0.0634. The second-order valence-electron chi connectivity index (χ2n) is 5.38. The fraction of sp³-hybridized carbons (Fsp3) is 0.750. The SMILES string of the molecule is CC1(C)CC(=O)C(C2CCCS2)=C(N)C1. The first-order valence-electron chi connectivity index (χ1n) is 5.63.